The normalized spacial score (nSPS) is 10.1. The number of nitrogens with two attached hydrogens (primary N) is 1. The molecule has 0 atom stereocenters. The molecule has 0 heterocycles. The number of methoxy groups -OCH3 is 2. The molecule has 0 aliphatic rings. The first-order valence-corrected chi connectivity index (χ1v) is 5.50. The lowest BCUT2D eigenvalue weighted by Gasteiger charge is -2.15. The number of benzene rings is 1. The summed E-state index contributed by atoms with van der Waals surface area (Å²) in [5, 5.41) is 0. The van der Waals surface area contributed by atoms with Crippen molar-refractivity contribution in [2.24, 2.45) is 5.73 Å². The standard InChI is InChI=1S/C11H14BrNO3/c1-6-8(12)4-7(9(14)5-13)11(16-3)10(6)15-2/h4H,5,13H2,1-3H3. The number of halogens is 1. The van der Waals surface area contributed by atoms with E-state index in [4.69, 9.17) is 15.2 Å². The number of carbonyl (C=O) groups excluding carboxylic acids is 1. The van der Waals surface area contributed by atoms with Crippen LogP contribution in [-0.2, 0) is 0 Å². The van der Waals surface area contributed by atoms with Crippen LogP contribution in [0.25, 0.3) is 0 Å². The summed E-state index contributed by atoms with van der Waals surface area (Å²) >= 11 is 3.37. The zero-order valence-corrected chi connectivity index (χ0v) is 11.1. The van der Waals surface area contributed by atoms with Crippen LogP contribution in [0.15, 0.2) is 10.5 Å². The van der Waals surface area contributed by atoms with Gasteiger partial charge in [-0.1, -0.05) is 15.9 Å². The third kappa shape index (κ3) is 2.20. The predicted molar refractivity (Wildman–Crippen MR) is 65.4 cm³/mol. The molecule has 1 rings (SSSR count). The van der Waals surface area contributed by atoms with Crippen LogP contribution in [0.1, 0.15) is 15.9 Å². The highest BCUT2D eigenvalue weighted by Crippen LogP contribution is 2.38. The van der Waals surface area contributed by atoms with Gasteiger partial charge in [-0.05, 0) is 13.0 Å². The molecule has 0 saturated carbocycles. The number of hydrogen-bond donors (Lipinski definition) is 1. The first-order valence-electron chi connectivity index (χ1n) is 4.71. The Balaban J connectivity index is 3.49. The van der Waals surface area contributed by atoms with Gasteiger partial charge in [0.1, 0.15) is 0 Å². The summed E-state index contributed by atoms with van der Waals surface area (Å²) in [6, 6.07) is 1.70. The molecule has 0 fully saturated rings. The summed E-state index contributed by atoms with van der Waals surface area (Å²) in [5.41, 5.74) is 6.66. The molecule has 2 N–H and O–H groups in total. The first-order chi connectivity index (χ1) is 7.56. The summed E-state index contributed by atoms with van der Waals surface area (Å²) < 4.78 is 11.2. The van der Waals surface area contributed by atoms with Gasteiger partial charge in [-0.25, -0.2) is 0 Å². The lowest BCUT2D eigenvalue weighted by molar-refractivity contribution is 0.0997. The van der Waals surface area contributed by atoms with Gasteiger partial charge in [-0.15, -0.1) is 0 Å². The van der Waals surface area contributed by atoms with E-state index in [0.29, 0.717) is 17.1 Å². The van der Waals surface area contributed by atoms with E-state index >= 15 is 0 Å². The number of ketones is 1. The Labute approximate surface area is 103 Å². The summed E-state index contributed by atoms with van der Waals surface area (Å²) in [4.78, 5) is 11.6. The van der Waals surface area contributed by atoms with E-state index in [2.05, 4.69) is 15.9 Å². The molecule has 1 aromatic carbocycles. The van der Waals surface area contributed by atoms with E-state index in [9.17, 15) is 4.79 Å². The Kier molecular flexibility index (Phi) is 4.32. The smallest absolute Gasteiger partial charge is 0.180 e. The van der Waals surface area contributed by atoms with Gasteiger partial charge in [0.15, 0.2) is 17.3 Å². The predicted octanol–water partition coefficient (Wildman–Crippen LogP) is 1.92. The quantitative estimate of drug-likeness (QED) is 0.860. The molecule has 0 aliphatic carbocycles. The van der Waals surface area contributed by atoms with Crippen molar-refractivity contribution in [1.29, 1.82) is 0 Å². The SMILES string of the molecule is COc1c(C(=O)CN)cc(Br)c(C)c1OC. The zero-order valence-electron chi connectivity index (χ0n) is 9.46. The number of carbonyl (C=O) groups is 1. The Morgan fingerprint density at radius 1 is 1.38 bits per heavy atom. The Morgan fingerprint density at radius 2 is 1.94 bits per heavy atom. The lowest BCUT2D eigenvalue weighted by Crippen LogP contribution is -2.15. The maximum absolute atomic E-state index is 11.6. The molecule has 0 aromatic heterocycles. The molecule has 0 unspecified atom stereocenters. The maximum Gasteiger partial charge on any atom is 0.180 e. The minimum atomic E-state index is -0.184. The molecule has 0 amide bonds. The molecule has 1 aromatic rings. The fourth-order valence-electron chi connectivity index (χ4n) is 1.47. The largest absolute Gasteiger partial charge is 0.493 e. The van der Waals surface area contributed by atoms with Gasteiger partial charge in [-0.2, -0.15) is 0 Å². The highest BCUT2D eigenvalue weighted by molar-refractivity contribution is 9.10. The van der Waals surface area contributed by atoms with Gasteiger partial charge < -0.3 is 15.2 Å². The second-order valence-electron chi connectivity index (χ2n) is 3.22. The van der Waals surface area contributed by atoms with Crippen molar-refractivity contribution in [2.75, 3.05) is 20.8 Å². The molecule has 88 valence electrons. The summed E-state index contributed by atoms with van der Waals surface area (Å²) in [7, 11) is 3.03. The van der Waals surface area contributed by atoms with Crippen LogP contribution in [0, 0.1) is 6.92 Å². The van der Waals surface area contributed by atoms with E-state index in [1.807, 2.05) is 6.92 Å². The van der Waals surface area contributed by atoms with E-state index in [1.165, 1.54) is 14.2 Å². The van der Waals surface area contributed by atoms with Crippen LogP contribution in [0.2, 0.25) is 0 Å². The van der Waals surface area contributed by atoms with E-state index < -0.39 is 0 Å². The number of Topliss-reactive ketones (excluding diaryl/α,β-unsaturated/α-hetero) is 1. The Bertz CT molecular complexity index is 418. The third-order valence-corrected chi connectivity index (χ3v) is 3.14. The molecule has 5 heteroatoms. The van der Waals surface area contributed by atoms with Crippen LogP contribution < -0.4 is 15.2 Å². The third-order valence-electron chi connectivity index (χ3n) is 2.31. The van der Waals surface area contributed by atoms with Crippen molar-refractivity contribution in [3.8, 4) is 11.5 Å². The Morgan fingerprint density at radius 3 is 2.38 bits per heavy atom. The molecule has 0 spiro atoms. The highest BCUT2D eigenvalue weighted by Gasteiger charge is 2.19. The van der Waals surface area contributed by atoms with Crippen molar-refractivity contribution in [1.82, 2.24) is 0 Å². The van der Waals surface area contributed by atoms with Gasteiger partial charge >= 0.3 is 0 Å². The average Bonchev–Trinajstić information content (AvgIpc) is 2.30. The van der Waals surface area contributed by atoms with Crippen LogP contribution in [0.3, 0.4) is 0 Å². The molecule has 16 heavy (non-hydrogen) atoms. The van der Waals surface area contributed by atoms with E-state index in [0.717, 1.165) is 10.0 Å². The maximum atomic E-state index is 11.6. The number of ether oxygens (including phenoxy) is 2. The molecule has 0 aliphatic heterocycles. The van der Waals surface area contributed by atoms with Crippen LogP contribution in [-0.4, -0.2) is 26.5 Å². The second-order valence-corrected chi connectivity index (χ2v) is 4.08. The van der Waals surface area contributed by atoms with Crippen LogP contribution in [0.4, 0.5) is 0 Å². The zero-order chi connectivity index (χ0) is 12.3. The van der Waals surface area contributed by atoms with Crippen molar-refractivity contribution in [3.63, 3.8) is 0 Å². The second kappa shape index (κ2) is 5.32. The van der Waals surface area contributed by atoms with Crippen LogP contribution in [0.5, 0.6) is 11.5 Å². The van der Waals surface area contributed by atoms with Gasteiger partial charge in [0.05, 0.1) is 26.3 Å². The monoisotopic (exact) mass is 287 g/mol. The minimum Gasteiger partial charge on any atom is -0.493 e. The van der Waals surface area contributed by atoms with Crippen molar-refractivity contribution in [2.45, 2.75) is 6.92 Å². The first kappa shape index (κ1) is 13.0. The van der Waals surface area contributed by atoms with Gasteiger partial charge in [0.25, 0.3) is 0 Å². The molecule has 0 saturated heterocycles. The molecular formula is C11H14BrNO3. The van der Waals surface area contributed by atoms with Crippen molar-refractivity contribution in [3.05, 3.63) is 21.7 Å². The molecule has 0 bridgehead atoms. The van der Waals surface area contributed by atoms with E-state index in [-0.39, 0.29) is 12.3 Å². The molecule has 4 nitrogen and oxygen atoms in total. The average molecular weight is 288 g/mol. The fraction of sp³-hybridized carbons (Fsp3) is 0.364. The van der Waals surface area contributed by atoms with Gasteiger partial charge in [0.2, 0.25) is 0 Å². The molecule has 0 radical (unpaired) electrons. The minimum absolute atomic E-state index is 0.0605. The lowest BCUT2D eigenvalue weighted by atomic mass is 10.1. The van der Waals surface area contributed by atoms with Crippen LogP contribution >= 0.6 is 15.9 Å². The Hall–Kier alpha value is -1.07. The van der Waals surface area contributed by atoms with Gasteiger partial charge in [0, 0.05) is 10.0 Å². The van der Waals surface area contributed by atoms with E-state index in [1.54, 1.807) is 6.07 Å². The van der Waals surface area contributed by atoms with Crippen molar-refractivity contribution >= 4 is 21.7 Å². The van der Waals surface area contributed by atoms with Gasteiger partial charge in [-0.3, -0.25) is 4.79 Å². The molecular weight excluding hydrogens is 274 g/mol. The fourth-order valence-corrected chi connectivity index (χ4v) is 1.88. The topological polar surface area (TPSA) is 61.5 Å². The van der Waals surface area contributed by atoms with Crippen molar-refractivity contribution < 1.29 is 14.3 Å². The number of rotatable bonds is 4. The summed E-state index contributed by atoms with van der Waals surface area (Å²) in [5.74, 6) is 0.795. The highest BCUT2D eigenvalue weighted by atomic mass is 79.9. The summed E-state index contributed by atoms with van der Waals surface area (Å²) in [6.07, 6.45) is 0. The summed E-state index contributed by atoms with van der Waals surface area (Å²) in [6.45, 7) is 1.82. The number of hydrogen-bond acceptors (Lipinski definition) is 4.